The summed E-state index contributed by atoms with van der Waals surface area (Å²) in [5.41, 5.74) is 2.88. The lowest BCUT2D eigenvalue weighted by Crippen LogP contribution is -2.53. The highest BCUT2D eigenvalue weighted by molar-refractivity contribution is 5.49. The first-order valence-corrected chi connectivity index (χ1v) is 7.78. The monoisotopic (exact) mass is 292 g/mol. The van der Waals surface area contributed by atoms with Crippen LogP contribution in [0.25, 0.3) is 0 Å². The fraction of sp³-hybridized carbons (Fsp3) is 0.733. The van der Waals surface area contributed by atoms with Crippen LogP contribution >= 0.6 is 0 Å². The molecule has 2 heterocycles. The Morgan fingerprint density at radius 1 is 1.19 bits per heavy atom. The van der Waals surface area contributed by atoms with E-state index in [1.165, 1.54) is 0 Å². The lowest BCUT2D eigenvalue weighted by molar-refractivity contribution is 0.128. The van der Waals surface area contributed by atoms with Crippen LogP contribution in [-0.2, 0) is 6.42 Å². The van der Waals surface area contributed by atoms with Gasteiger partial charge in [0.15, 0.2) is 0 Å². The number of hydrogen-bond donors (Lipinski definition) is 2. The van der Waals surface area contributed by atoms with Crippen molar-refractivity contribution in [2.75, 3.05) is 36.5 Å². The molecule has 6 nitrogen and oxygen atoms in total. The van der Waals surface area contributed by atoms with Gasteiger partial charge in [0.1, 0.15) is 17.5 Å². The predicted octanol–water partition coefficient (Wildman–Crippen LogP) is 1.64. The first-order valence-electron chi connectivity index (χ1n) is 7.78. The van der Waals surface area contributed by atoms with Crippen molar-refractivity contribution in [1.29, 1.82) is 0 Å². The van der Waals surface area contributed by atoms with Gasteiger partial charge in [-0.3, -0.25) is 4.90 Å². The van der Waals surface area contributed by atoms with Gasteiger partial charge < -0.3 is 10.3 Å². The molecule has 1 aliphatic rings. The first-order chi connectivity index (χ1) is 9.94. The molecule has 0 unspecified atom stereocenters. The molecular formula is C15H28N6. The summed E-state index contributed by atoms with van der Waals surface area (Å²) in [7, 11) is 0. The van der Waals surface area contributed by atoms with Gasteiger partial charge in [-0.25, -0.2) is 15.8 Å². The summed E-state index contributed by atoms with van der Waals surface area (Å²) in [4.78, 5) is 13.9. The van der Waals surface area contributed by atoms with Crippen molar-refractivity contribution in [3.63, 3.8) is 0 Å². The SMILES string of the molecule is CCCc1nc(NN)cc(N2CCN(C(C)(C)C)CC2)n1. The Hall–Kier alpha value is -1.40. The number of piperazine rings is 1. The second-order valence-corrected chi connectivity index (χ2v) is 6.57. The maximum Gasteiger partial charge on any atom is 0.145 e. The smallest absolute Gasteiger partial charge is 0.145 e. The summed E-state index contributed by atoms with van der Waals surface area (Å²) in [6, 6.07) is 1.94. The van der Waals surface area contributed by atoms with E-state index in [1.807, 2.05) is 6.07 Å². The topological polar surface area (TPSA) is 70.3 Å². The lowest BCUT2D eigenvalue weighted by atomic mass is 10.1. The van der Waals surface area contributed by atoms with Crippen LogP contribution in [-0.4, -0.2) is 46.6 Å². The Morgan fingerprint density at radius 3 is 2.38 bits per heavy atom. The zero-order valence-electron chi connectivity index (χ0n) is 13.7. The highest BCUT2D eigenvalue weighted by Crippen LogP contribution is 2.21. The van der Waals surface area contributed by atoms with E-state index in [1.54, 1.807) is 0 Å². The number of nitrogen functional groups attached to an aromatic ring is 1. The maximum atomic E-state index is 5.53. The zero-order chi connectivity index (χ0) is 15.5. The molecule has 1 fully saturated rings. The van der Waals surface area contributed by atoms with Gasteiger partial charge in [-0.15, -0.1) is 0 Å². The molecule has 0 bridgehead atoms. The van der Waals surface area contributed by atoms with Crippen LogP contribution in [0.3, 0.4) is 0 Å². The van der Waals surface area contributed by atoms with E-state index >= 15 is 0 Å². The number of hydrogen-bond acceptors (Lipinski definition) is 6. The quantitative estimate of drug-likeness (QED) is 0.649. The molecule has 0 aliphatic carbocycles. The number of hydrazine groups is 1. The van der Waals surface area contributed by atoms with Gasteiger partial charge in [0, 0.05) is 44.2 Å². The predicted molar refractivity (Wildman–Crippen MR) is 87.4 cm³/mol. The average Bonchev–Trinajstić information content (AvgIpc) is 2.46. The van der Waals surface area contributed by atoms with Crippen LogP contribution in [0.5, 0.6) is 0 Å². The number of aryl methyl sites for hydroxylation is 1. The Kier molecular flexibility index (Phi) is 5.00. The number of nitrogens with zero attached hydrogens (tertiary/aromatic N) is 4. The molecule has 0 saturated carbocycles. The van der Waals surface area contributed by atoms with Crippen molar-refractivity contribution >= 4 is 11.6 Å². The van der Waals surface area contributed by atoms with E-state index < -0.39 is 0 Å². The number of rotatable bonds is 4. The summed E-state index contributed by atoms with van der Waals surface area (Å²) in [6.07, 6.45) is 1.91. The summed E-state index contributed by atoms with van der Waals surface area (Å²) in [5.74, 6) is 8.07. The summed E-state index contributed by atoms with van der Waals surface area (Å²) in [5, 5.41) is 0. The molecule has 1 aliphatic heterocycles. The number of nitrogens with two attached hydrogens (primary N) is 1. The standard InChI is InChI=1S/C15H28N6/c1-5-6-12-17-13(19-16)11-14(18-12)20-7-9-21(10-8-20)15(2,3)4/h11H,5-10,16H2,1-4H3,(H,17,18,19). The Morgan fingerprint density at radius 2 is 1.86 bits per heavy atom. The van der Waals surface area contributed by atoms with E-state index in [9.17, 15) is 0 Å². The molecule has 118 valence electrons. The van der Waals surface area contributed by atoms with E-state index in [4.69, 9.17) is 5.84 Å². The highest BCUT2D eigenvalue weighted by atomic mass is 15.3. The molecule has 1 aromatic heterocycles. The van der Waals surface area contributed by atoms with Crippen LogP contribution in [0, 0.1) is 0 Å². The van der Waals surface area contributed by atoms with E-state index in [0.29, 0.717) is 5.82 Å². The van der Waals surface area contributed by atoms with Gasteiger partial charge in [0.25, 0.3) is 0 Å². The molecule has 0 atom stereocenters. The molecule has 3 N–H and O–H groups in total. The molecule has 6 heteroatoms. The molecule has 1 saturated heterocycles. The van der Waals surface area contributed by atoms with E-state index in [0.717, 1.165) is 50.7 Å². The molecule has 0 radical (unpaired) electrons. The van der Waals surface area contributed by atoms with E-state index in [-0.39, 0.29) is 5.54 Å². The van der Waals surface area contributed by atoms with Crippen LogP contribution in [0.4, 0.5) is 11.6 Å². The molecule has 0 spiro atoms. The van der Waals surface area contributed by atoms with Gasteiger partial charge in [0.05, 0.1) is 0 Å². The van der Waals surface area contributed by atoms with Gasteiger partial charge >= 0.3 is 0 Å². The molecule has 1 aromatic rings. The first kappa shape index (κ1) is 16.0. The Labute approximate surface area is 127 Å². The lowest BCUT2D eigenvalue weighted by Gasteiger charge is -2.42. The fourth-order valence-corrected chi connectivity index (χ4v) is 2.66. The minimum absolute atomic E-state index is 0.231. The minimum atomic E-state index is 0.231. The average molecular weight is 292 g/mol. The van der Waals surface area contributed by atoms with Crippen molar-refractivity contribution in [2.24, 2.45) is 5.84 Å². The second kappa shape index (κ2) is 6.58. The van der Waals surface area contributed by atoms with Gasteiger partial charge in [-0.1, -0.05) is 6.92 Å². The molecule has 0 aromatic carbocycles. The third-order valence-electron chi connectivity index (χ3n) is 3.93. The minimum Gasteiger partial charge on any atom is -0.354 e. The summed E-state index contributed by atoms with van der Waals surface area (Å²) >= 11 is 0. The number of nitrogens with one attached hydrogen (secondary N) is 1. The van der Waals surface area contributed by atoms with Crippen molar-refractivity contribution in [1.82, 2.24) is 14.9 Å². The fourth-order valence-electron chi connectivity index (χ4n) is 2.66. The zero-order valence-corrected chi connectivity index (χ0v) is 13.7. The van der Waals surface area contributed by atoms with E-state index in [2.05, 4.69) is 52.9 Å². The third kappa shape index (κ3) is 4.04. The van der Waals surface area contributed by atoms with Gasteiger partial charge in [0.2, 0.25) is 0 Å². The third-order valence-corrected chi connectivity index (χ3v) is 3.93. The molecule has 2 rings (SSSR count). The van der Waals surface area contributed by atoms with Crippen molar-refractivity contribution < 1.29 is 0 Å². The van der Waals surface area contributed by atoms with Crippen LogP contribution in [0.15, 0.2) is 6.07 Å². The largest absolute Gasteiger partial charge is 0.354 e. The molecular weight excluding hydrogens is 264 g/mol. The number of aromatic nitrogens is 2. The maximum absolute atomic E-state index is 5.53. The summed E-state index contributed by atoms with van der Waals surface area (Å²) < 4.78 is 0. The molecule has 0 amide bonds. The summed E-state index contributed by atoms with van der Waals surface area (Å²) in [6.45, 7) is 13.0. The second-order valence-electron chi connectivity index (χ2n) is 6.57. The van der Waals surface area contributed by atoms with Crippen molar-refractivity contribution in [3.8, 4) is 0 Å². The highest BCUT2D eigenvalue weighted by Gasteiger charge is 2.26. The Balaban J connectivity index is 2.10. The van der Waals surface area contributed by atoms with Gasteiger partial charge in [-0.2, -0.15) is 0 Å². The van der Waals surface area contributed by atoms with Crippen LogP contribution < -0.4 is 16.2 Å². The van der Waals surface area contributed by atoms with Crippen LogP contribution in [0.2, 0.25) is 0 Å². The van der Waals surface area contributed by atoms with Crippen molar-refractivity contribution in [3.05, 3.63) is 11.9 Å². The van der Waals surface area contributed by atoms with Crippen LogP contribution in [0.1, 0.15) is 39.9 Å². The normalized spacial score (nSPS) is 17.1. The van der Waals surface area contributed by atoms with Gasteiger partial charge in [-0.05, 0) is 27.2 Å². The number of anilines is 2. The Bertz CT molecular complexity index is 460. The molecule has 21 heavy (non-hydrogen) atoms. The van der Waals surface area contributed by atoms with Crippen molar-refractivity contribution in [2.45, 2.75) is 46.1 Å².